The monoisotopic (exact) mass is 355 g/mol. The van der Waals surface area contributed by atoms with Crippen LogP contribution in [-0.2, 0) is 25.8 Å². The van der Waals surface area contributed by atoms with Gasteiger partial charge in [0.05, 0.1) is 17.8 Å². The van der Waals surface area contributed by atoms with Crippen LogP contribution in [0.2, 0.25) is 0 Å². The van der Waals surface area contributed by atoms with Gasteiger partial charge in [-0.3, -0.25) is 9.89 Å². The fourth-order valence-electron chi connectivity index (χ4n) is 3.51. The van der Waals surface area contributed by atoms with E-state index in [4.69, 9.17) is 0 Å². The van der Waals surface area contributed by atoms with Crippen molar-refractivity contribution in [2.75, 3.05) is 7.05 Å². The quantitative estimate of drug-likeness (QED) is 0.836. The van der Waals surface area contributed by atoms with Crippen molar-refractivity contribution in [3.63, 3.8) is 0 Å². The third kappa shape index (κ3) is 4.52. The van der Waals surface area contributed by atoms with Crippen LogP contribution in [0.15, 0.2) is 24.3 Å². The molecule has 5 nitrogen and oxygen atoms in total. The first-order chi connectivity index (χ1) is 12.3. The van der Waals surface area contributed by atoms with Gasteiger partial charge in [-0.05, 0) is 75.6 Å². The van der Waals surface area contributed by atoms with Crippen molar-refractivity contribution in [3.8, 4) is 0 Å². The lowest BCUT2D eigenvalue weighted by Crippen LogP contribution is -2.27. The molecular formula is C21H29N3O2. The maximum atomic E-state index is 12.8. The number of amides is 1. The second kappa shape index (κ2) is 7.62. The van der Waals surface area contributed by atoms with Crippen molar-refractivity contribution in [1.82, 2.24) is 15.1 Å². The lowest BCUT2D eigenvalue weighted by molar-refractivity contribution is 0.0714. The summed E-state index contributed by atoms with van der Waals surface area (Å²) in [5.74, 6) is 0.00247. The van der Waals surface area contributed by atoms with E-state index < -0.39 is 5.60 Å². The molecule has 1 aliphatic rings. The normalized spacial score (nSPS) is 14.2. The van der Waals surface area contributed by atoms with Crippen molar-refractivity contribution in [3.05, 3.63) is 52.3 Å². The molecule has 1 aromatic heterocycles. The number of aliphatic hydroxyl groups is 1. The Morgan fingerprint density at radius 3 is 2.85 bits per heavy atom. The molecule has 0 bridgehead atoms. The van der Waals surface area contributed by atoms with E-state index in [2.05, 4.69) is 10.2 Å². The molecule has 0 saturated heterocycles. The Hall–Kier alpha value is -2.14. The van der Waals surface area contributed by atoms with Crippen LogP contribution in [0.4, 0.5) is 0 Å². The molecule has 0 radical (unpaired) electrons. The van der Waals surface area contributed by atoms with Crippen LogP contribution in [0, 0.1) is 0 Å². The average Bonchev–Trinajstić information content (AvgIpc) is 3.02. The molecule has 2 aromatic rings. The van der Waals surface area contributed by atoms with Gasteiger partial charge in [-0.2, -0.15) is 5.10 Å². The molecule has 0 aliphatic heterocycles. The minimum atomic E-state index is -0.699. The maximum Gasteiger partial charge on any atom is 0.253 e. The Labute approximate surface area is 155 Å². The molecule has 0 spiro atoms. The topological polar surface area (TPSA) is 69.2 Å². The van der Waals surface area contributed by atoms with Gasteiger partial charge in [0.1, 0.15) is 0 Å². The predicted octanol–water partition coefficient (Wildman–Crippen LogP) is 3.26. The number of benzene rings is 1. The summed E-state index contributed by atoms with van der Waals surface area (Å²) >= 11 is 0. The highest BCUT2D eigenvalue weighted by Crippen LogP contribution is 2.23. The van der Waals surface area contributed by atoms with E-state index in [1.54, 1.807) is 18.7 Å². The number of hydrogen-bond acceptors (Lipinski definition) is 3. The third-order valence-corrected chi connectivity index (χ3v) is 5.08. The van der Waals surface area contributed by atoms with Crippen LogP contribution >= 0.6 is 0 Å². The zero-order chi connectivity index (χ0) is 18.7. The van der Waals surface area contributed by atoms with Crippen LogP contribution in [0.25, 0.3) is 0 Å². The first-order valence-corrected chi connectivity index (χ1v) is 9.45. The Bertz CT molecular complexity index is 774. The summed E-state index contributed by atoms with van der Waals surface area (Å²) in [6.07, 6.45) is 5.93. The van der Waals surface area contributed by atoms with E-state index in [0.29, 0.717) is 18.5 Å². The predicted molar refractivity (Wildman–Crippen MR) is 102 cm³/mol. The molecule has 3 rings (SSSR count). The van der Waals surface area contributed by atoms with Crippen molar-refractivity contribution in [2.45, 2.75) is 64.5 Å². The average molecular weight is 355 g/mol. The van der Waals surface area contributed by atoms with E-state index in [1.165, 1.54) is 24.1 Å². The zero-order valence-corrected chi connectivity index (χ0v) is 16.0. The number of aryl methyl sites for hydroxylation is 2. The summed E-state index contributed by atoms with van der Waals surface area (Å²) in [4.78, 5) is 14.6. The molecule has 1 amide bonds. The minimum Gasteiger partial charge on any atom is -0.390 e. The number of H-pyrrole nitrogens is 1. The molecule has 2 N–H and O–H groups in total. The third-order valence-electron chi connectivity index (χ3n) is 5.08. The second-order valence-electron chi connectivity index (χ2n) is 8.01. The molecule has 1 aliphatic carbocycles. The molecular weight excluding hydrogens is 326 g/mol. The number of carbonyl (C=O) groups is 1. The Balaban J connectivity index is 1.67. The van der Waals surface area contributed by atoms with Crippen LogP contribution in [-0.4, -0.2) is 38.8 Å². The fraction of sp³-hybridized carbons (Fsp3) is 0.524. The summed E-state index contributed by atoms with van der Waals surface area (Å²) in [5.41, 5.74) is 4.59. The SMILES string of the molecule is CN(Cc1n[nH]c2c1CCCC2)C(=O)c1cccc(CCC(C)(C)O)c1. The molecule has 1 aromatic carbocycles. The van der Waals surface area contributed by atoms with Gasteiger partial charge in [0.2, 0.25) is 0 Å². The van der Waals surface area contributed by atoms with E-state index in [-0.39, 0.29) is 5.91 Å². The van der Waals surface area contributed by atoms with Gasteiger partial charge < -0.3 is 10.0 Å². The number of nitrogens with zero attached hydrogens (tertiary/aromatic N) is 2. The van der Waals surface area contributed by atoms with Crippen molar-refractivity contribution < 1.29 is 9.90 Å². The molecule has 0 fully saturated rings. The molecule has 0 unspecified atom stereocenters. The van der Waals surface area contributed by atoms with Crippen molar-refractivity contribution in [1.29, 1.82) is 0 Å². The van der Waals surface area contributed by atoms with Crippen LogP contribution in [0.5, 0.6) is 0 Å². The summed E-state index contributed by atoms with van der Waals surface area (Å²) in [7, 11) is 1.83. The van der Waals surface area contributed by atoms with Gasteiger partial charge in [0.15, 0.2) is 0 Å². The molecule has 26 heavy (non-hydrogen) atoms. The molecule has 1 heterocycles. The number of hydrogen-bond donors (Lipinski definition) is 2. The molecule has 140 valence electrons. The molecule has 0 atom stereocenters. The second-order valence-corrected chi connectivity index (χ2v) is 8.01. The fourth-order valence-corrected chi connectivity index (χ4v) is 3.51. The number of aromatic nitrogens is 2. The van der Waals surface area contributed by atoms with Gasteiger partial charge in [-0.25, -0.2) is 0 Å². The first-order valence-electron chi connectivity index (χ1n) is 9.45. The number of aromatic amines is 1. The highest BCUT2D eigenvalue weighted by atomic mass is 16.3. The Morgan fingerprint density at radius 2 is 2.08 bits per heavy atom. The van der Waals surface area contributed by atoms with E-state index in [1.807, 2.05) is 31.3 Å². The maximum absolute atomic E-state index is 12.8. The largest absolute Gasteiger partial charge is 0.390 e. The van der Waals surface area contributed by atoms with Crippen molar-refractivity contribution in [2.24, 2.45) is 0 Å². The van der Waals surface area contributed by atoms with Crippen LogP contribution in [0.1, 0.15) is 66.0 Å². The molecule has 5 heteroatoms. The Kier molecular flexibility index (Phi) is 5.47. The summed E-state index contributed by atoms with van der Waals surface area (Å²) in [5, 5.41) is 17.5. The lowest BCUT2D eigenvalue weighted by Gasteiger charge is -2.19. The summed E-state index contributed by atoms with van der Waals surface area (Å²) in [6, 6.07) is 7.71. The number of nitrogens with one attached hydrogen (secondary N) is 1. The minimum absolute atomic E-state index is 0.00247. The smallest absolute Gasteiger partial charge is 0.253 e. The first kappa shape index (κ1) is 18.6. The zero-order valence-electron chi connectivity index (χ0n) is 16.0. The molecule has 0 saturated carbocycles. The number of fused-ring (bicyclic) bond motifs is 1. The van der Waals surface area contributed by atoms with Crippen molar-refractivity contribution >= 4 is 5.91 Å². The number of rotatable bonds is 6. The van der Waals surface area contributed by atoms with Gasteiger partial charge in [0, 0.05) is 18.3 Å². The lowest BCUT2D eigenvalue weighted by atomic mass is 9.95. The van der Waals surface area contributed by atoms with Gasteiger partial charge >= 0.3 is 0 Å². The number of carbonyl (C=O) groups excluding carboxylic acids is 1. The van der Waals surface area contributed by atoms with E-state index in [0.717, 1.165) is 30.5 Å². The highest BCUT2D eigenvalue weighted by Gasteiger charge is 2.20. The van der Waals surface area contributed by atoms with Crippen LogP contribution < -0.4 is 0 Å². The highest BCUT2D eigenvalue weighted by molar-refractivity contribution is 5.94. The van der Waals surface area contributed by atoms with E-state index in [9.17, 15) is 9.90 Å². The summed E-state index contributed by atoms with van der Waals surface area (Å²) in [6.45, 7) is 4.14. The van der Waals surface area contributed by atoms with Gasteiger partial charge in [-0.15, -0.1) is 0 Å². The standard InChI is InChI=1S/C21H29N3O2/c1-21(2,26)12-11-15-7-6-8-16(13-15)20(25)24(3)14-19-17-9-4-5-10-18(17)22-23-19/h6-8,13,26H,4-5,9-12,14H2,1-3H3,(H,22,23). The van der Waals surface area contributed by atoms with Gasteiger partial charge in [0.25, 0.3) is 5.91 Å². The van der Waals surface area contributed by atoms with Gasteiger partial charge in [-0.1, -0.05) is 12.1 Å². The van der Waals surface area contributed by atoms with Crippen LogP contribution in [0.3, 0.4) is 0 Å². The summed E-state index contributed by atoms with van der Waals surface area (Å²) < 4.78 is 0. The Morgan fingerprint density at radius 1 is 1.31 bits per heavy atom. The van der Waals surface area contributed by atoms with E-state index >= 15 is 0 Å².